The number of nitrogens with zero attached hydrogens (tertiary/aromatic N) is 3. The van der Waals surface area contributed by atoms with Crippen molar-refractivity contribution in [2.24, 2.45) is 7.05 Å². The number of phenolic OH excluding ortho intramolecular Hbond substituents is 1. The maximum atomic E-state index is 12.6. The van der Waals surface area contributed by atoms with Crippen molar-refractivity contribution < 1.29 is 27.8 Å². The molecular formula is C18H18N4O6S. The monoisotopic (exact) mass is 418 g/mol. The molecule has 0 saturated carbocycles. The third-order valence-electron chi connectivity index (χ3n) is 3.99. The molecule has 0 aliphatic heterocycles. The quantitative estimate of drug-likeness (QED) is 0.437. The molecule has 11 heteroatoms. The minimum atomic E-state index is -4.01. The number of carbonyl (C=O) groups is 1. The maximum absolute atomic E-state index is 12.6. The van der Waals surface area contributed by atoms with Gasteiger partial charge in [0.25, 0.3) is 10.0 Å². The van der Waals surface area contributed by atoms with E-state index in [1.54, 1.807) is 11.7 Å². The molecule has 29 heavy (non-hydrogen) atoms. The number of aryl methyl sites for hydroxylation is 1. The van der Waals surface area contributed by atoms with Gasteiger partial charge in [0.1, 0.15) is 24.2 Å². The Morgan fingerprint density at radius 2 is 1.93 bits per heavy atom. The van der Waals surface area contributed by atoms with Crippen molar-refractivity contribution >= 4 is 21.7 Å². The number of sulfonamides is 1. The van der Waals surface area contributed by atoms with E-state index in [9.17, 15) is 18.3 Å². The Labute approximate surface area is 166 Å². The van der Waals surface area contributed by atoms with Gasteiger partial charge in [-0.3, -0.25) is 9.40 Å². The Balaban J connectivity index is 1.75. The van der Waals surface area contributed by atoms with Crippen molar-refractivity contribution in [2.75, 3.05) is 11.8 Å². The fourth-order valence-electron chi connectivity index (χ4n) is 2.42. The number of esters is 1. The highest BCUT2D eigenvalue weighted by Gasteiger charge is 2.20. The third-order valence-corrected chi connectivity index (χ3v) is 5.37. The zero-order valence-corrected chi connectivity index (χ0v) is 16.4. The minimum absolute atomic E-state index is 0.0496. The van der Waals surface area contributed by atoms with E-state index in [2.05, 4.69) is 19.5 Å². The standard InChI is InChI=1S/C18H18N4O6S/c1-22-16(19-11-20-22)10-28-12-6-8-13(9-7-12)29(25,26)21-15-5-3-4-14(17(15)23)18(24)27-2/h3-9,11,21,23H,10H2,1-2H3. The third kappa shape index (κ3) is 4.46. The molecule has 0 radical (unpaired) electrons. The molecule has 0 amide bonds. The molecule has 0 aliphatic carbocycles. The Bertz CT molecular complexity index is 1130. The van der Waals surface area contributed by atoms with Crippen molar-refractivity contribution in [3.05, 3.63) is 60.2 Å². The van der Waals surface area contributed by atoms with Gasteiger partial charge in [0.2, 0.25) is 0 Å². The Hall–Kier alpha value is -3.60. The fourth-order valence-corrected chi connectivity index (χ4v) is 3.48. The summed E-state index contributed by atoms with van der Waals surface area (Å²) >= 11 is 0. The van der Waals surface area contributed by atoms with Gasteiger partial charge in [0, 0.05) is 7.05 Å². The molecule has 1 aromatic heterocycles. The SMILES string of the molecule is COC(=O)c1cccc(NS(=O)(=O)c2ccc(OCc3ncnn3C)cc2)c1O. The average Bonchev–Trinajstić information content (AvgIpc) is 3.12. The number of phenols is 1. The Morgan fingerprint density at radius 3 is 2.55 bits per heavy atom. The lowest BCUT2D eigenvalue weighted by atomic mass is 10.2. The molecule has 1 heterocycles. The molecule has 2 N–H and O–H groups in total. The summed E-state index contributed by atoms with van der Waals surface area (Å²) in [6, 6.07) is 9.78. The number of para-hydroxylation sites is 1. The number of methoxy groups -OCH3 is 1. The van der Waals surface area contributed by atoms with E-state index in [0.717, 1.165) is 7.11 Å². The summed E-state index contributed by atoms with van der Waals surface area (Å²) in [7, 11) is -1.12. The van der Waals surface area contributed by atoms with Crippen molar-refractivity contribution in [2.45, 2.75) is 11.5 Å². The van der Waals surface area contributed by atoms with Crippen molar-refractivity contribution in [3.8, 4) is 11.5 Å². The van der Waals surface area contributed by atoms with Crippen molar-refractivity contribution in [1.29, 1.82) is 0 Å². The van der Waals surface area contributed by atoms with Crippen LogP contribution in [-0.4, -0.2) is 41.4 Å². The van der Waals surface area contributed by atoms with Crippen LogP contribution in [0, 0.1) is 0 Å². The molecule has 152 valence electrons. The first-order valence-electron chi connectivity index (χ1n) is 8.30. The topological polar surface area (TPSA) is 133 Å². The lowest BCUT2D eigenvalue weighted by molar-refractivity contribution is 0.0597. The lowest BCUT2D eigenvalue weighted by Crippen LogP contribution is -2.14. The number of nitrogens with one attached hydrogen (secondary N) is 1. The summed E-state index contributed by atoms with van der Waals surface area (Å²) in [5.41, 5.74) is -0.296. The van der Waals surface area contributed by atoms with Crippen LogP contribution in [0.4, 0.5) is 5.69 Å². The Morgan fingerprint density at radius 1 is 1.21 bits per heavy atom. The molecular weight excluding hydrogens is 400 g/mol. The number of aromatic nitrogens is 3. The zero-order chi connectivity index (χ0) is 21.0. The molecule has 0 fully saturated rings. The van der Waals surface area contributed by atoms with E-state index in [1.165, 1.54) is 48.8 Å². The van der Waals surface area contributed by atoms with Crippen LogP contribution >= 0.6 is 0 Å². The molecule has 2 aromatic carbocycles. The average molecular weight is 418 g/mol. The van der Waals surface area contributed by atoms with E-state index in [-0.39, 0.29) is 22.8 Å². The number of carbonyl (C=O) groups excluding carboxylic acids is 1. The molecule has 0 bridgehead atoms. The van der Waals surface area contributed by atoms with Crippen LogP contribution in [0.3, 0.4) is 0 Å². The van der Waals surface area contributed by atoms with Crippen LogP contribution in [0.1, 0.15) is 16.2 Å². The summed E-state index contributed by atoms with van der Waals surface area (Å²) < 4.78 is 39.1. The molecule has 0 spiro atoms. The van der Waals surface area contributed by atoms with Crippen LogP contribution in [0.15, 0.2) is 53.7 Å². The van der Waals surface area contributed by atoms with E-state index in [4.69, 9.17) is 4.74 Å². The molecule has 3 rings (SSSR count). The van der Waals surface area contributed by atoms with Crippen LogP contribution < -0.4 is 9.46 Å². The predicted molar refractivity (Wildman–Crippen MR) is 102 cm³/mol. The number of ether oxygens (including phenoxy) is 2. The fraction of sp³-hybridized carbons (Fsp3) is 0.167. The van der Waals surface area contributed by atoms with Gasteiger partial charge in [0.05, 0.1) is 17.7 Å². The van der Waals surface area contributed by atoms with E-state index >= 15 is 0 Å². The first kappa shape index (κ1) is 20.1. The van der Waals surface area contributed by atoms with Crippen molar-refractivity contribution in [1.82, 2.24) is 14.8 Å². The molecule has 0 aliphatic rings. The number of aromatic hydroxyl groups is 1. The van der Waals surface area contributed by atoms with E-state index in [0.29, 0.717) is 11.6 Å². The maximum Gasteiger partial charge on any atom is 0.341 e. The van der Waals surface area contributed by atoms with Gasteiger partial charge in [-0.1, -0.05) is 6.07 Å². The molecule has 0 atom stereocenters. The van der Waals surface area contributed by atoms with Crippen LogP contribution in [0.5, 0.6) is 11.5 Å². The number of rotatable bonds is 7. The van der Waals surface area contributed by atoms with Gasteiger partial charge in [-0.2, -0.15) is 5.10 Å². The number of benzene rings is 2. The number of anilines is 1. The zero-order valence-electron chi connectivity index (χ0n) is 15.6. The van der Waals surface area contributed by atoms with Crippen molar-refractivity contribution in [3.63, 3.8) is 0 Å². The van der Waals surface area contributed by atoms with Crippen LogP contribution in [0.2, 0.25) is 0 Å². The smallest absolute Gasteiger partial charge is 0.341 e. The van der Waals surface area contributed by atoms with Gasteiger partial charge in [-0.05, 0) is 36.4 Å². The van der Waals surface area contributed by atoms with Gasteiger partial charge in [-0.15, -0.1) is 0 Å². The second kappa shape index (κ2) is 8.19. The van der Waals surface area contributed by atoms with Gasteiger partial charge in [0.15, 0.2) is 11.6 Å². The first-order valence-corrected chi connectivity index (χ1v) is 9.79. The second-order valence-electron chi connectivity index (χ2n) is 5.86. The van der Waals surface area contributed by atoms with Crippen LogP contribution in [0.25, 0.3) is 0 Å². The summed E-state index contributed by atoms with van der Waals surface area (Å²) in [5.74, 6) is -0.244. The molecule has 0 saturated heterocycles. The summed E-state index contributed by atoms with van der Waals surface area (Å²) in [6.45, 7) is 0.176. The number of hydrogen-bond donors (Lipinski definition) is 2. The van der Waals surface area contributed by atoms with Gasteiger partial charge < -0.3 is 14.6 Å². The summed E-state index contributed by atoms with van der Waals surface area (Å²) in [6.07, 6.45) is 1.41. The summed E-state index contributed by atoms with van der Waals surface area (Å²) in [4.78, 5) is 15.6. The normalized spacial score (nSPS) is 11.1. The van der Waals surface area contributed by atoms with Gasteiger partial charge >= 0.3 is 5.97 Å². The molecule has 10 nitrogen and oxygen atoms in total. The van der Waals surface area contributed by atoms with E-state index in [1.807, 2.05) is 0 Å². The second-order valence-corrected chi connectivity index (χ2v) is 7.54. The first-order chi connectivity index (χ1) is 13.8. The highest BCUT2D eigenvalue weighted by molar-refractivity contribution is 7.92. The highest BCUT2D eigenvalue weighted by atomic mass is 32.2. The van der Waals surface area contributed by atoms with Gasteiger partial charge in [-0.25, -0.2) is 18.2 Å². The lowest BCUT2D eigenvalue weighted by Gasteiger charge is -2.12. The largest absolute Gasteiger partial charge is 0.505 e. The highest BCUT2D eigenvalue weighted by Crippen LogP contribution is 2.30. The predicted octanol–water partition coefficient (Wildman–Crippen LogP) is 1.69. The van der Waals surface area contributed by atoms with E-state index < -0.39 is 21.7 Å². The number of hydrogen-bond acceptors (Lipinski definition) is 8. The Kier molecular flexibility index (Phi) is 5.69. The molecule has 3 aromatic rings. The van der Waals surface area contributed by atoms with Crippen LogP contribution in [-0.2, 0) is 28.4 Å². The molecule has 0 unspecified atom stereocenters. The summed E-state index contributed by atoms with van der Waals surface area (Å²) in [5, 5.41) is 14.1. The minimum Gasteiger partial charge on any atom is -0.505 e.